The van der Waals surface area contributed by atoms with E-state index in [0.29, 0.717) is 16.7 Å². The fourth-order valence-electron chi connectivity index (χ4n) is 2.01. The van der Waals surface area contributed by atoms with Gasteiger partial charge in [-0.25, -0.2) is 0 Å². The van der Waals surface area contributed by atoms with Crippen molar-refractivity contribution in [1.29, 1.82) is 0 Å². The van der Waals surface area contributed by atoms with Crippen LogP contribution in [-0.4, -0.2) is 11.6 Å². The summed E-state index contributed by atoms with van der Waals surface area (Å²) in [5, 5.41) is 0. The highest BCUT2D eigenvalue weighted by Crippen LogP contribution is 2.18. The third-order valence-electron chi connectivity index (χ3n) is 2.99. The lowest BCUT2D eigenvalue weighted by Gasteiger charge is -2.08. The second kappa shape index (κ2) is 4.96. The Hall–Kier alpha value is -2.22. The zero-order valence-electron chi connectivity index (χ0n) is 10.4. The molecular weight excluding hydrogens is 224 g/mol. The molecule has 0 aliphatic carbocycles. The SMILES string of the molecule is CC(=O)c1cccc(C(=O)c2ccccc2)c1C. The molecule has 0 fully saturated rings. The number of Topliss-reactive ketones (excluding diaryl/α,β-unsaturated/α-hetero) is 1. The Morgan fingerprint density at radius 1 is 0.833 bits per heavy atom. The van der Waals surface area contributed by atoms with Gasteiger partial charge >= 0.3 is 0 Å². The highest BCUT2D eigenvalue weighted by atomic mass is 16.1. The first-order valence-corrected chi connectivity index (χ1v) is 5.81. The van der Waals surface area contributed by atoms with Gasteiger partial charge in [0.05, 0.1) is 0 Å². The molecule has 0 saturated heterocycles. The zero-order valence-corrected chi connectivity index (χ0v) is 10.4. The summed E-state index contributed by atoms with van der Waals surface area (Å²) in [6.45, 7) is 3.33. The van der Waals surface area contributed by atoms with Crippen molar-refractivity contribution in [3.8, 4) is 0 Å². The van der Waals surface area contributed by atoms with Crippen molar-refractivity contribution in [2.45, 2.75) is 13.8 Å². The molecule has 2 heteroatoms. The summed E-state index contributed by atoms with van der Waals surface area (Å²) in [6.07, 6.45) is 0. The maximum absolute atomic E-state index is 12.3. The zero-order chi connectivity index (χ0) is 13.1. The van der Waals surface area contributed by atoms with E-state index in [1.807, 2.05) is 25.1 Å². The third kappa shape index (κ3) is 2.23. The fraction of sp³-hybridized carbons (Fsp3) is 0.125. The summed E-state index contributed by atoms with van der Waals surface area (Å²) < 4.78 is 0. The van der Waals surface area contributed by atoms with Crippen molar-refractivity contribution in [1.82, 2.24) is 0 Å². The highest BCUT2D eigenvalue weighted by molar-refractivity contribution is 6.11. The summed E-state index contributed by atoms with van der Waals surface area (Å²) >= 11 is 0. The van der Waals surface area contributed by atoms with Gasteiger partial charge in [0.15, 0.2) is 11.6 Å². The summed E-state index contributed by atoms with van der Waals surface area (Å²) in [5.74, 6) is -0.0635. The molecule has 0 aromatic heterocycles. The van der Waals surface area contributed by atoms with E-state index in [-0.39, 0.29) is 11.6 Å². The van der Waals surface area contributed by atoms with Crippen LogP contribution in [0.15, 0.2) is 48.5 Å². The smallest absolute Gasteiger partial charge is 0.193 e. The van der Waals surface area contributed by atoms with E-state index in [1.165, 1.54) is 6.92 Å². The van der Waals surface area contributed by atoms with Gasteiger partial charge in [0.1, 0.15) is 0 Å². The molecule has 18 heavy (non-hydrogen) atoms. The molecule has 0 aliphatic rings. The van der Waals surface area contributed by atoms with E-state index in [1.54, 1.807) is 30.3 Å². The van der Waals surface area contributed by atoms with E-state index in [4.69, 9.17) is 0 Å². The molecule has 2 nitrogen and oxygen atoms in total. The maximum atomic E-state index is 12.3. The van der Waals surface area contributed by atoms with Crippen LogP contribution in [-0.2, 0) is 0 Å². The van der Waals surface area contributed by atoms with Gasteiger partial charge in [-0.1, -0.05) is 48.5 Å². The molecule has 2 aromatic carbocycles. The Morgan fingerprint density at radius 3 is 2.06 bits per heavy atom. The Balaban J connectivity index is 2.50. The molecule has 0 unspecified atom stereocenters. The first-order chi connectivity index (χ1) is 8.61. The Kier molecular flexibility index (Phi) is 3.38. The molecule has 0 heterocycles. The fourth-order valence-corrected chi connectivity index (χ4v) is 2.01. The molecule has 2 aromatic rings. The van der Waals surface area contributed by atoms with E-state index in [0.717, 1.165) is 5.56 Å². The van der Waals surface area contributed by atoms with E-state index < -0.39 is 0 Å². The van der Waals surface area contributed by atoms with Crippen LogP contribution in [0, 0.1) is 6.92 Å². The van der Waals surface area contributed by atoms with Crippen molar-refractivity contribution in [3.05, 3.63) is 70.8 Å². The standard InChI is InChI=1S/C16H14O2/c1-11-14(12(2)17)9-6-10-15(11)16(18)13-7-4-3-5-8-13/h3-10H,1-2H3. The Bertz CT molecular complexity index is 598. The predicted octanol–water partition coefficient (Wildman–Crippen LogP) is 3.43. The second-order valence-electron chi connectivity index (χ2n) is 4.23. The minimum absolute atomic E-state index is 0.0183. The van der Waals surface area contributed by atoms with Crippen molar-refractivity contribution in [2.24, 2.45) is 0 Å². The van der Waals surface area contributed by atoms with Crippen LogP contribution in [0.2, 0.25) is 0 Å². The van der Waals surface area contributed by atoms with Crippen molar-refractivity contribution in [2.75, 3.05) is 0 Å². The lowest BCUT2D eigenvalue weighted by molar-refractivity contribution is 0.101. The topological polar surface area (TPSA) is 34.1 Å². The van der Waals surface area contributed by atoms with Gasteiger partial charge in [-0.15, -0.1) is 0 Å². The molecule has 0 atom stereocenters. The molecule has 0 spiro atoms. The van der Waals surface area contributed by atoms with Crippen LogP contribution in [0.3, 0.4) is 0 Å². The van der Waals surface area contributed by atoms with Gasteiger partial charge in [-0.2, -0.15) is 0 Å². The van der Waals surface area contributed by atoms with Crippen LogP contribution < -0.4 is 0 Å². The Labute approximate surface area is 106 Å². The van der Waals surface area contributed by atoms with Crippen molar-refractivity contribution < 1.29 is 9.59 Å². The lowest BCUT2D eigenvalue weighted by atomic mass is 9.94. The number of carbonyl (C=O) groups is 2. The summed E-state index contributed by atoms with van der Waals surface area (Å²) in [4.78, 5) is 23.8. The average molecular weight is 238 g/mol. The van der Waals surface area contributed by atoms with Gasteiger partial charge < -0.3 is 0 Å². The van der Waals surface area contributed by atoms with Crippen molar-refractivity contribution in [3.63, 3.8) is 0 Å². The van der Waals surface area contributed by atoms with Crippen LogP contribution in [0.4, 0.5) is 0 Å². The molecule has 90 valence electrons. The van der Waals surface area contributed by atoms with E-state index in [9.17, 15) is 9.59 Å². The summed E-state index contributed by atoms with van der Waals surface area (Å²) in [6, 6.07) is 14.4. The van der Waals surface area contributed by atoms with E-state index >= 15 is 0 Å². The number of rotatable bonds is 3. The monoisotopic (exact) mass is 238 g/mol. The van der Waals surface area contributed by atoms with Crippen LogP contribution in [0.5, 0.6) is 0 Å². The first-order valence-electron chi connectivity index (χ1n) is 5.81. The number of benzene rings is 2. The number of hydrogen-bond donors (Lipinski definition) is 0. The molecule has 2 rings (SSSR count). The first kappa shape index (κ1) is 12.2. The molecule has 0 amide bonds. The molecule has 0 bridgehead atoms. The van der Waals surface area contributed by atoms with Gasteiger partial charge in [0.2, 0.25) is 0 Å². The van der Waals surface area contributed by atoms with Crippen LogP contribution in [0.1, 0.15) is 38.8 Å². The lowest BCUT2D eigenvalue weighted by Crippen LogP contribution is -2.07. The summed E-state index contributed by atoms with van der Waals surface area (Å²) in [5.41, 5.74) is 2.59. The minimum atomic E-state index is -0.0452. The van der Waals surface area contributed by atoms with Crippen LogP contribution in [0.25, 0.3) is 0 Å². The average Bonchev–Trinajstić information content (AvgIpc) is 2.39. The number of carbonyl (C=O) groups excluding carboxylic acids is 2. The Morgan fingerprint density at radius 2 is 1.44 bits per heavy atom. The van der Waals surface area contributed by atoms with Gasteiger partial charge in [-0.05, 0) is 19.4 Å². The van der Waals surface area contributed by atoms with Crippen molar-refractivity contribution >= 4 is 11.6 Å². The summed E-state index contributed by atoms with van der Waals surface area (Å²) in [7, 11) is 0. The second-order valence-corrected chi connectivity index (χ2v) is 4.23. The highest BCUT2D eigenvalue weighted by Gasteiger charge is 2.14. The maximum Gasteiger partial charge on any atom is 0.193 e. The number of ketones is 2. The normalized spacial score (nSPS) is 10.1. The molecule has 0 saturated carbocycles. The van der Waals surface area contributed by atoms with Gasteiger partial charge in [0.25, 0.3) is 0 Å². The largest absolute Gasteiger partial charge is 0.295 e. The molecular formula is C16H14O2. The minimum Gasteiger partial charge on any atom is -0.295 e. The quantitative estimate of drug-likeness (QED) is 0.768. The molecule has 0 radical (unpaired) electrons. The van der Waals surface area contributed by atoms with Gasteiger partial charge in [0, 0.05) is 16.7 Å². The van der Waals surface area contributed by atoms with E-state index in [2.05, 4.69) is 0 Å². The molecule has 0 aliphatic heterocycles. The van der Waals surface area contributed by atoms with Gasteiger partial charge in [-0.3, -0.25) is 9.59 Å². The third-order valence-corrected chi connectivity index (χ3v) is 2.99. The van der Waals surface area contributed by atoms with Crippen LogP contribution >= 0.6 is 0 Å². The molecule has 0 N–H and O–H groups in total. The number of hydrogen-bond acceptors (Lipinski definition) is 2. The predicted molar refractivity (Wildman–Crippen MR) is 71.1 cm³/mol.